The van der Waals surface area contributed by atoms with Gasteiger partial charge in [0.25, 0.3) is 0 Å². The third-order valence-electron chi connectivity index (χ3n) is 2.48. The van der Waals surface area contributed by atoms with Gasteiger partial charge in [-0.05, 0) is 25.0 Å². The van der Waals surface area contributed by atoms with Gasteiger partial charge < -0.3 is 11.1 Å². The average molecular weight is 236 g/mol. The number of thiocarbonyl (C=S) groups is 1. The van der Waals surface area contributed by atoms with Crippen molar-refractivity contribution in [3.63, 3.8) is 0 Å². The summed E-state index contributed by atoms with van der Waals surface area (Å²) in [5.74, 6) is -0.603. The predicted octanol–water partition coefficient (Wildman–Crippen LogP) is 2.11. The van der Waals surface area contributed by atoms with E-state index in [4.69, 9.17) is 18.0 Å². The van der Waals surface area contributed by atoms with Gasteiger partial charge in [0.05, 0.1) is 10.9 Å². The van der Waals surface area contributed by atoms with Crippen molar-refractivity contribution in [3.8, 4) is 0 Å². The number of nitrogens with one attached hydrogen (secondary N) is 1. The quantitative estimate of drug-likeness (QED) is 0.787. The minimum atomic E-state index is -0.445. The van der Waals surface area contributed by atoms with Crippen LogP contribution in [0.2, 0.25) is 0 Å². The van der Waals surface area contributed by atoms with Crippen molar-refractivity contribution in [2.45, 2.75) is 20.3 Å². The van der Waals surface area contributed by atoms with Gasteiger partial charge in [-0.25, -0.2) is 0 Å². The number of carbonyl (C=O) groups is 1. The van der Waals surface area contributed by atoms with E-state index in [1.54, 1.807) is 6.92 Å². The molecule has 0 radical (unpaired) electrons. The Morgan fingerprint density at radius 2 is 2.12 bits per heavy atom. The molecule has 0 aromatic heterocycles. The number of nitrogens with two attached hydrogens (primary N) is 1. The average Bonchev–Trinajstić information content (AvgIpc) is 2.28. The summed E-state index contributed by atoms with van der Waals surface area (Å²) in [6.45, 7) is 3.74. The van der Waals surface area contributed by atoms with Crippen molar-refractivity contribution in [2.75, 3.05) is 5.32 Å². The zero-order valence-corrected chi connectivity index (χ0v) is 10.3. The lowest BCUT2D eigenvalue weighted by atomic mass is 10.1. The third kappa shape index (κ3) is 3.03. The molecule has 0 aliphatic carbocycles. The molecule has 86 valence electrons. The number of amides is 1. The number of benzene rings is 1. The third-order valence-corrected chi connectivity index (χ3v) is 2.83. The maximum absolute atomic E-state index is 11.7. The van der Waals surface area contributed by atoms with E-state index in [2.05, 4.69) is 5.32 Å². The van der Waals surface area contributed by atoms with E-state index >= 15 is 0 Å². The van der Waals surface area contributed by atoms with Crippen LogP contribution < -0.4 is 11.1 Å². The van der Waals surface area contributed by atoms with Crippen LogP contribution in [0, 0.1) is 5.92 Å². The minimum absolute atomic E-state index is 0.159. The maximum atomic E-state index is 11.7. The summed E-state index contributed by atoms with van der Waals surface area (Å²) in [6, 6.07) is 7.70. The zero-order chi connectivity index (χ0) is 12.1. The molecule has 3 nitrogen and oxygen atoms in total. The van der Waals surface area contributed by atoms with Crippen molar-refractivity contribution in [1.29, 1.82) is 0 Å². The molecule has 0 bridgehead atoms. The number of rotatable bonds is 4. The van der Waals surface area contributed by atoms with Crippen LogP contribution in [-0.4, -0.2) is 10.9 Å². The lowest BCUT2D eigenvalue weighted by Gasteiger charge is -2.13. The topological polar surface area (TPSA) is 55.1 Å². The summed E-state index contributed by atoms with van der Waals surface area (Å²) in [4.78, 5) is 12.0. The molecule has 0 aliphatic rings. The molecule has 1 rings (SSSR count). The summed E-state index contributed by atoms with van der Waals surface area (Å²) in [6.07, 6.45) is 0.873. The summed E-state index contributed by atoms with van der Waals surface area (Å²) < 4.78 is 0. The van der Waals surface area contributed by atoms with E-state index in [9.17, 15) is 4.79 Å². The molecular weight excluding hydrogens is 220 g/mol. The second-order valence-electron chi connectivity index (χ2n) is 3.62. The Bertz CT molecular complexity index is 404. The fourth-order valence-electron chi connectivity index (χ4n) is 1.32. The van der Waals surface area contributed by atoms with Crippen molar-refractivity contribution in [3.05, 3.63) is 29.8 Å². The van der Waals surface area contributed by atoms with Gasteiger partial charge in [-0.15, -0.1) is 0 Å². The molecule has 0 spiro atoms. The lowest BCUT2D eigenvalue weighted by Crippen LogP contribution is -2.31. The number of carbonyl (C=O) groups excluding carboxylic acids is 1. The van der Waals surface area contributed by atoms with Crippen LogP contribution in [0.5, 0.6) is 0 Å². The van der Waals surface area contributed by atoms with Crippen LogP contribution in [-0.2, 0) is 11.2 Å². The van der Waals surface area contributed by atoms with Gasteiger partial charge in [-0.1, -0.05) is 37.3 Å². The maximum Gasteiger partial charge on any atom is 0.234 e. The Morgan fingerprint density at radius 3 is 2.69 bits per heavy atom. The van der Waals surface area contributed by atoms with E-state index in [0.717, 1.165) is 17.7 Å². The molecule has 1 aromatic carbocycles. The van der Waals surface area contributed by atoms with Gasteiger partial charge in [-0.3, -0.25) is 4.79 Å². The van der Waals surface area contributed by atoms with Crippen LogP contribution >= 0.6 is 12.2 Å². The predicted molar refractivity (Wildman–Crippen MR) is 70.4 cm³/mol. The Balaban J connectivity index is 2.80. The van der Waals surface area contributed by atoms with Gasteiger partial charge in [0, 0.05) is 5.69 Å². The Kier molecular flexibility index (Phi) is 4.43. The second-order valence-corrected chi connectivity index (χ2v) is 4.10. The normalized spacial score (nSPS) is 11.9. The highest BCUT2D eigenvalue weighted by Crippen LogP contribution is 2.16. The van der Waals surface area contributed by atoms with E-state index in [0.29, 0.717) is 0 Å². The van der Waals surface area contributed by atoms with Gasteiger partial charge >= 0.3 is 0 Å². The number of hydrogen-bond acceptors (Lipinski definition) is 2. The first-order valence-corrected chi connectivity index (χ1v) is 5.65. The minimum Gasteiger partial charge on any atom is -0.393 e. The summed E-state index contributed by atoms with van der Waals surface area (Å²) >= 11 is 4.79. The van der Waals surface area contributed by atoms with E-state index in [1.165, 1.54) is 0 Å². The van der Waals surface area contributed by atoms with Gasteiger partial charge in [-0.2, -0.15) is 0 Å². The first-order chi connectivity index (χ1) is 7.56. The first-order valence-electron chi connectivity index (χ1n) is 5.24. The number of para-hydroxylation sites is 1. The fraction of sp³-hybridized carbons (Fsp3) is 0.333. The number of hydrogen-bond donors (Lipinski definition) is 2. The molecule has 16 heavy (non-hydrogen) atoms. The number of aryl methyl sites for hydroxylation is 1. The smallest absolute Gasteiger partial charge is 0.234 e. The van der Waals surface area contributed by atoms with Crippen LogP contribution in [0.25, 0.3) is 0 Å². The van der Waals surface area contributed by atoms with Crippen molar-refractivity contribution in [2.24, 2.45) is 11.7 Å². The molecule has 0 aliphatic heterocycles. The molecule has 1 amide bonds. The molecule has 0 saturated heterocycles. The fourth-order valence-corrected chi connectivity index (χ4v) is 1.43. The van der Waals surface area contributed by atoms with Crippen LogP contribution in [0.3, 0.4) is 0 Å². The number of anilines is 1. The standard InChI is InChI=1S/C12H16N2OS/c1-3-9-6-4-5-7-10(9)14-12(15)8(2)11(13)16/h4-8H,3H2,1-2H3,(H2,13,16)(H,14,15). The molecule has 1 aromatic rings. The van der Waals surface area contributed by atoms with Gasteiger partial charge in [0.2, 0.25) is 5.91 Å². The Labute approximate surface area is 101 Å². The monoisotopic (exact) mass is 236 g/mol. The highest BCUT2D eigenvalue weighted by molar-refractivity contribution is 7.80. The van der Waals surface area contributed by atoms with Crippen molar-refractivity contribution >= 4 is 28.8 Å². The molecule has 1 atom stereocenters. The molecule has 0 saturated carbocycles. The summed E-state index contributed by atoms with van der Waals surface area (Å²) in [5, 5.41) is 2.84. The Hall–Kier alpha value is -1.42. The zero-order valence-electron chi connectivity index (χ0n) is 9.49. The van der Waals surface area contributed by atoms with E-state index in [-0.39, 0.29) is 10.9 Å². The first kappa shape index (κ1) is 12.6. The molecule has 3 N–H and O–H groups in total. The van der Waals surface area contributed by atoms with Gasteiger partial charge in [0.15, 0.2) is 0 Å². The summed E-state index contributed by atoms with van der Waals surface area (Å²) in [5.41, 5.74) is 7.37. The molecule has 0 heterocycles. The van der Waals surface area contributed by atoms with E-state index in [1.807, 2.05) is 31.2 Å². The SMILES string of the molecule is CCc1ccccc1NC(=O)C(C)C(N)=S. The largest absolute Gasteiger partial charge is 0.393 e. The van der Waals surface area contributed by atoms with Crippen molar-refractivity contribution in [1.82, 2.24) is 0 Å². The second kappa shape index (κ2) is 5.61. The Morgan fingerprint density at radius 1 is 1.50 bits per heavy atom. The van der Waals surface area contributed by atoms with Crippen LogP contribution in [0.1, 0.15) is 19.4 Å². The molecule has 0 fully saturated rings. The lowest BCUT2D eigenvalue weighted by molar-refractivity contribution is -0.117. The summed E-state index contributed by atoms with van der Waals surface area (Å²) in [7, 11) is 0. The van der Waals surface area contributed by atoms with E-state index < -0.39 is 5.92 Å². The van der Waals surface area contributed by atoms with Crippen molar-refractivity contribution < 1.29 is 4.79 Å². The highest BCUT2D eigenvalue weighted by Gasteiger charge is 2.16. The molecular formula is C12H16N2OS. The van der Waals surface area contributed by atoms with Crippen LogP contribution in [0.15, 0.2) is 24.3 Å². The molecule has 4 heteroatoms. The highest BCUT2D eigenvalue weighted by atomic mass is 32.1. The van der Waals surface area contributed by atoms with Gasteiger partial charge in [0.1, 0.15) is 0 Å². The van der Waals surface area contributed by atoms with Crippen LogP contribution in [0.4, 0.5) is 5.69 Å². The molecule has 1 unspecified atom stereocenters.